The van der Waals surface area contributed by atoms with Gasteiger partial charge >= 0.3 is 0 Å². The van der Waals surface area contributed by atoms with E-state index in [0.717, 1.165) is 63.4 Å². The molecular weight excluding hydrogens is 390 g/mol. The minimum absolute atomic E-state index is 0.0841. The minimum atomic E-state index is -0.0841. The van der Waals surface area contributed by atoms with Crippen LogP contribution in [-0.4, -0.2) is 37.8 Å². The summed E-state index contributed by atoms with van der Waals surface area (Å²) in [6.45, 7) is 3.80. The summed E-state index contributed by atoms with van der Waals surface area (Å²) in [5.41, 5.74) is 1.77. The topological polar surface area (TPSA) is 85.2 Å². The van der Waals surface area contributed by atoms with Gasteiger partial charge in [-0.25, -0.2) is 9.50 Å². The van der Waals surface area contributed by atoms with Crippen molar-refractivity contribution in [2.75, 3.05) is 13.2 Å². The molecule has 1 aliphatic carbocycles. The van der Waals surface area contributed by atoms with Gasteiger partial charge in [-0.2, -0.15) is 5.10 Å². The van der Waals surface area contributed by atoms with Crippen LogP contribution in [0.5, 0.6) is 0 Å². The molecule has 3 aromatic rings. The quantitative estimate of drug-likeness (QED) is 0.647. The fourth-order valence-corrected chi connectivity index (χ4v) is 5.50. The fraction of sp³-hybridized carbons (Fsp3) is 0.583. The Kier molecular flexibility index (Phi) is 5.85. The number of pyridine rings is 1. The van der Waals surface area contributed by atoms with Gasteiger partial charge in [0, 0.05) is 37.4 Å². The van der Waals surface area contributed by atoms with Crippen LogP contribution in [-0.2, 0) is 11.2 Å². The Morgan fingerprint density at radius 3 is 2.87 bits per heavy atom. The molecule has 7 heteroatoms. The van der Waals surface area contributed by atoms with E-state index in [2.05, 4.69) is 27.9 Å². The zero-order valence-corrected chi connectivity index (χ0v) is 18.2. The Morgan fingerprint density at radius 1 is 1.19 bits per heavy atom. The Bertz CT molecular complexity index is 1070. The number of aromatic amines is 1. The third-order valence-corrected chi connectivity index (χ3v) is 7.15. The highest BCUT2D eigenvalue weighted by molar-refractivity contribution is 5.42. The molecule has 1 saturated carbocycles. The van der Waals surface area contributed by atoms with Crippen LogP contribution in [0, 0.1) is 11.8 Å². The van der Waals surface area contributed by atoms with Crippen LogP contribution in [0.1, 0.15) is 74.5 Å². The molecule has 0 aromatic carbocycles. The summed E-state index contributed by atoms with van der Waals surface area (Å²) in [7, 11) is 0. The van der Waals surface area contributed by atoms with Gasteiger partial charge in [0.15, 0.2) is 5.52 Å². The third kappa shape index (κ3) is 4.28. The van der Waals surface area contributed by atoms with E-state index in [1.54, 1.807) is 6.20 Å². The normalized spacial score (nSPS) is 25.5. The average molecular weight is 422 g/mol. The summed E-state index contributed by atoms with van der Waals surface area (Å²) in [6.07, 6.45) is 13.0. The van der Waals surface area contributed by atoms with Crippen LogP contribution < -0.4 is 5.56 Å². The molecule has 5 rings (SSSR count). The Balaban J connectivity index is 1.40. The summed E-state index contributed by atoms with van der Waals surface area (Å²) >= 11 is 0. The van der Waals surface area contributed by atoms with Crippen LogP contribution in [0.4, 0.5) is 0 Å². The highest BCUT2D eigenvalue weighted by Gasteiger charge is 2.30. The lowest BCUT2D eigenvalue weighted by atomic mass is 9.85. The van der Waals surface area contributed by atoms with Crippen molar-refractivity contribution in [3.8, 4) is 0 Å². The maximum Gasteiger partial charge on any atom is 0.276 e. The summed E-state index contributed by atoms with van der Waals surface area (Å²) < 4.78 is 7.32. The zero-order chi connectivity index (χ0) is 21.2. The van der Waals surface area contributed by atoms with Crippen molar-refractivity contribution < 1.29 is 4.74 Å². The van der Waals surface area contributed by atoms with Crippen LogP contribution >= 0.6 is 0 Å². The maximum atomic E-state index is 12.8. The second kappa shape index (κ2) is 8.91. The van der Waals surface area contributed by atoms with E-state index in [1.807, 2.05) is 23.0 Å². The molecule has 1 aliphatic heterocycles. The second-order valence-electron chi connectivity index (χ2n) is 9.32. The second-order valence-corrected chi connectivity index (χ2v) is 9.32. The number of rotatable bonds is 4. The molecule has 2 aliphatic rings. The largest absolute Gasteiger partial charge is 0.381 e. The highest BCUT2D eigenvalue weighted by Crippen LogP contribution is 2.38. The number of hydrogen-bond acceptors (Lipinski definition) is 5. The van der Waals surface area contributed by atoms with Crippen molar-refractivity contribution in [2.45, 2.75) is 63.7 Å². The SMILES string of the molecule is CC1CC(Cc2cccnc2)CCCC1c1nn2c(C3CCOCC3)ncc2c(=O)[nH]1. The van der Waals surface area contributed by atoms with E-state index in [0.29, 0.717) is 23.3 Å². The van der Waals surface area contributed by atoms with E-state index < -0.39 is 0 Å². The monoisotopic (exact) mass is 421 g/mol. The predicted molar refractivity (Wildman–Crippen MR) is 118 cm³/mol. The summed E-state index contributed by atoms with van der Waals surface area (Å²) in [5.74, 6) is 3.39. The van der Waals surface area contributed by atoms with Gasteiger partial charge in [-0.1, -0.05) is 25.8 Å². The highest BCUT2D eigenvalue weighted by atomic mass is 16.5. The van der Waals surface area contributed by atoms with Crippen molar-refractivity contribution in [3.63, 3.8) is 0 Å². The smallest absolute Gasteiger partial charge is 0.276 e. The first-order valence-electron chi connectivity index (χ1n) is 11.6. The van der Waals surface area contributed by atoms with Crippen molar-refractivity contribution in [2.24, 2.45) is 11.8 Å². The van der Waals surface area contributed by atoms with Crippen molar-refractivity contribution >= 4 is 5.52 Å². The van der Waals surface area contributed by atoms with Gasteiger partial charge in [-0.3, -0.25) is 9.78 Å². The number of nitrogens with zero attached hydrogens (tertiary/aromatic N) is 4. The van der Waals surface area contributed by atoms with Crippen molar-refractivity contribution in [1.29, 1.82) is 0 Å². The maximum absolute atomic E-state index is 12.8. The number of hydrogen-bond donors (Lipinski definition) is 1. The van der Waals surface area contributed by atoms with Gasteiger partial charge in [0.1, 0.15) is 11.6 Å². The Morgan fingerprint density at radius 2 is 2.06 bits per heavy atom. The molecule has 164 valence electrons. The lowest BCUT2D eigenvalue weighted by molar-refractivity contribution is 0.0832. The molecule has 1 N–H and O–H groups in total. The molecule has 0 radical (unpaired) electrons. The molecule has 0 spiro atoms. The fourth-order valence-electron chi connectivity index (χ4n) is 5.50. The molecule has 0 amide bonds. The molecule has 3 unspecified atom stereocenters. The van der Waals surface area contributed by atoms with E-state index in [-0.39, 0.29) is 11.5 Å². The van der Waals surface area contributed by atoms with Crippen molar-refractivity contribution in [1.82, 2.24) is 24.6 Å². The molecule has 4 heterocycles. The number of imidazole rings is 1. The lowest BCUT2D eigenvalue weighted by Gasteiger charge is -2.23. The number of fused-ring (bicyclic) bond motifs is 1. The molecule has 3 aromatic heterocycles. The number of ether oxygens (including phenoxy) is 1. The van der Waals surface area contributed by atoms with E-state index in [1.165, 1.54) is 12.0 Å². The summed E-state index contributed by atoms with van der Waals surface area (Å²) in [4.78, 5) is 24.8. The van der Waals surface area contributed by atoms with E-state index in [4.69, 9.17) is 9.84 Å². The van der Waals surface area contributed by atoms with Crippen LogP contribution in [0.25, 0.3) is 5.52 Å². The number of nitrogens with one attached hydrogen (secondary N) is 1. The molecule has 31 heavy (non-hydrogen) atoms. The van der Waals surface area contributed by atoms with Crippen LogP contribution in [0.2, 0.25) is 0 Å². The van der Waals surface area contributed by atoms with Gasteiger partial charge in [-0.05, 0) is 55.6 Å². The van der Waals surface area contributed by atoms with E-state index in [9.17, 15) is 4.79 Å². The molecular formula is C24H31N5O2. The third-order valence-electron chi connectivity index (χ3n) is 7.15. The predicted octanol–water partition coefficient (Wildman–Crippen LogP) is 3.86. The first-order valence-corrected chi connectivity index (χ1v) is 11.6. The zero-order valence-electron chi connectivity index (χ0n) is 18.2. The average Bonchev–Trinajstić information content (AvgIpc) is 3.13. The number of H-pyrrole nitrogens is 1. The van der Waals surface area contributed by atoms with Gasteiger partial charge in [0.25, 0.3) is 5.56 Å². The first-order chi connectivity index (χ1) is 15.2. The first kappa shape index (κ1) is 20.4. The summed E-state index contributed by atoms with van der Waals surface area (Å²) in [6, 6.07) is 4.19. The van der Waals surface area contributed by atoms with Gasteiger partial charge < -0.3 is 9.72 Å². The Hall–Kier alpha value is -2.54. The molecule has 2 fully saturated rings. The number of aromatic nitrogens is 5. The van der Waals surface area contributed by atoms with Gasteiger partial charge in [-0.15, -0.1) is 0 Å². The Labute approximate surface area is 182 Å². The van der Waals surface area contributed by atoms with Crippen molar-refractivity contribution in [3.05, 3.63) is 58.3 Å². The molecule has 1 saturated heterocycles. The lowest BCUT2D eigenvalue weighted by Crippen LogP contribution is -2.24. The van der Waals surface area contributed by atoms with Crippen LogP contribution in [0.3, 0.4) is 0 Å². The molecule has 7 nitrogen and oxygen atoms in total. The molecule has 0 bridgehead atoms. The van der Waals surface area contributed by atoms with Gasteiger partial charge in [0.2, 0.25) is 0 Å². The summed E-state index contributed by atoms with van der Waals surface area (Å²) in [5, 5.41) is 4.94. The van der Waals surface area contributed by atoms with Crippen LogP contribution in [0.15, 0.2) is 35.5 Å². The van der Waals surface area contributed by atoms with E-state index >= 15 is 0 Å². The van der Waals surface area contributed by atoms with Gasteiger partial charge in [0.05, 0.1) is 6.20 Å². The molecule has 3 atom stereocenters. The minimum Gasteiger partial charge on any atom is -0.381 e. The standard InChI is InChI=1S/C24H31N5O2/c1-16-12-17(13-18-5-3-9-25-14-18)4-2-6-20(16)22-27-24(30)21-15-26-23(29(21)28-22)19-7-10-31-11-8-19/h3,5,9,14-17,19-20H,2,4,6-8,10-13H2,1H3,(H,27,28,30).